The van der Waals surface area contributed by atoms with E-state index in [0.717, 1.165) is 45.5 Å². The van der Waals surface area contributed by atoms with Crippen LogP contribution in [0.1, 0.15) is 36.3 Å². The summed E-state index contributed by atoms with van der Waals surface area (Å²) in [6.45, 7) is 4.26. The van der Waals surface area contributed by atoms with Crippen molar-refractivity contribution in [3.63, 3.8) is 0 Å². The SMILES string of the molecule is COc1ccc2cc(-c3ccc4c(n3)CC(C)(C)CC4=O)ccc2c1. The van der Waals surface area contributed by atoms with Gasteiger partial charge >= 0.3 is 0 Å². The van der Waals surface area contributed by atoms with Gasteiger partial charge < -0.3 is 4.74 Å². The van der Waals surface area contributed by atoms with Gasteiger partial charge in [0.05, 0.1) is 18.5 Å². The lowest BCUT2D eigenvalue weighted by Gasteiger charge is -2.29. The van der Waals surface area contributed by atoms with Gasteiger partial charge in [-0.15, -0.1) is 0 Å². The molecule has 0 N–H and O–H groups in total. The highest BCUT2D eigenvalue weighted by molar-refractivity contribution is 5.99. The summed E-state index contributed by atoms with van der Waals surface area (Å²) in [7, 11) is 1.68. The Bertz CT molecular complexity index is 988. The third-order valence-corrected chi connectivity index (χ3v) is 4.90. The highest BCUT2D eigenvalue weighted by atomic mass is 16.5. The number of aromatic nitrogens is 1. The van der Waals surface area contributed by atoms with Crippen LogP contribution >= 0.6 is 0 Å². The van der Waals surface area contributed by atoms with E-state index in [-0.39, 0.29) is 11.2 Å². The number of Topliss-reactive ketones (excluding diaryl/α,β-unsaturated/α-hetero) is 1. The van der Waals surface area contributed by atoms with Crippen molar-refractivity contribution in [2.75, 3.05) is 7.11 Å². The van der Waals surface area contributed by atoms with Crippen LogP contribution in [0.4, 0.5) is 0 Å². The monoisotopic (exact) mass is 331 g/mol. The average Bonchev–Trinajstić information content (AvgIpc) is 2.59. The van der Waals surface area contributed by atoms with E-state index >= 15 is 0 Å². The van der Waals surface area contributed by atoms with Gasteiger partial charge in [-0.25, -0.2) is 0 Å². The fourth-order valence-electron chi connectivity index (χ4n) is 3.61. The van der Waals surface area contributed by atoms with Crippen molar-refractivity contribution in [2.45, 2.75) is 26.7 Å². The van der Waals surface area contributed by atoms with Gasteiger partial charge in [-0.05, 0) is 52.9 Å². The van der Waals surface area contributed by atoms with E-state index in [1.165, 1.54) is 0 Å². The zero-order valence-electron chi connectivity index (χ0n) is 14.8. The van der Waals surface area contributed by atoms with Crippen molar-refractivity contribution in [1.82, 2.24) is 4.98 Å². The molecule has 0 atom stereocenters. The zero-order valence-corrected chi connectivity index (χ0v) is 14.8. The van der Waals surface area contributed by atoms with E-state index in [9.17, 15) is 4.79 Å². The Morgan fingerprint density at radius 2 is 1.72 bits per heavy atom. The van der Waals surface area contributed by atoms with Crippen LogP contribution in [-0.4, -0.2) is 17.9 Å². The quantitative estimate of drug-likeness (QED) is 0.658. The van der Waals surface area contributed by atoms with E-state index < -0.39 is 0 Å². The van der Waals surface area contributed by atoms with E-state index in [4.69, 9.17) is 9.72 Å². The number of carbonyl (C=O) groups is 1. The number of rotatable bonds is 2. The number of nitrogens with zero attached hydrogens (tertiary/aromatic N) is 1. The Hall–Kier alpha value is -2.68. The second kappa shape index (κ2) is 5.69. The van der Waals surface area contributed by atoms with Crippen LogP contribution in [0.5, 0.6) is 5.75 Å². The van der Waals surface area contributed by atoms with Gasteiger partial charge in [0, 0.05) is 17.5 Å². The van der Waals surface area contributed by atoms with Crippen LogP contribution in [0.2, 0.25) is 0 Å². The number of carbonyl (C=O) groups excluding carboxylic acids is 1. The predicted octanol–water partition coefficient (Wildman–Crippen LogP) is 5.07. The molecule has 0 fully saturated rings. The molecule has 0 spiro atoms. The van der Waals surface area contributed by atoms with Crippen molar-refractivity contribution in [2.24, 2.45) is 5.41 Å². The van der Waals surface area contributed by atoms with Crippen LogP contribution in [0.25, 0.3) is 22.0 Å². The molecule has 1 heterocycles. The number of hydrogen-bond donors (Lipinski definition) is 0. The lowest BCUT2D eigenvalue weighted by molar-refractivity contribution is 0.0910. The number of hydrogen-bond acceptors (Lipinski definition) is 3. The summed E-state index contributed by atoms with van der Waals surface area (Å²) in [6, 6.07) is 16.2. The van der Waals surface area contributed by atoms with Crippen molar-refractivity contribution in [3.8, 4) is 17.0 Å². The smallest absolute Gasteiger partial charge is 0.165 e. The third kappa shape index (κ3) is 2.91. The first-order chi connectivity index (χ1) is 11.9. The van der Waals surface area contributed by atoms with Crippen LogP contribution in [0, 0.1) is 5.41 Å². The molecular formula is C22H21NO2. The summed E-state index contributed by atoms with van der Waals surface area (Å²) >= 11 is 0. The second-order valence-electron chi connectivity index (χ2n) is 7.56. The molecule has 3 heteroatoms. The molecule has 0 unspecified atom stereocenters. The van der Waals surface area contributed by atoms with Crippen LogP contribution in [-0.2, 0) is 6.42 Å². The fourth-order valence-corrected chi connectivity index (χ4v) is 3.61. The summed E-state index contributed by atoms with van der Waals surface area (Å²) in [5.74, 6) is 1.06. The third-order valence-electron chi connectivity index (χ3n) is 4.90. The molecule has 0 saturated carbocycles. The van der Waals surface area contributed by atoms with Gasteiger partial charge in [-0.1, -0.05) is 32.0 Å². The minimum Gasteiger partial charge on any atom is -0.497 e. The fraction of sp³-hybridized carbons (Fsp3) is 0.273. The van der Waals surface area contributed by atoms with Gasteiger partial charge in [0.25, 0.3) is 0 Å². The van der Waals surface area contributed by atoms with Crippen molar-refractivity contribution < 1.29 is 9.53 Å². The first-order valence-electron chi connectivity index (χ1n) is 8.56. The predicted molar refractivity (Wildman–Crippen MR) is 100 cm³/mol. The topological polar surface area (TPSA) is 39.2 Å². The van der Waals surface area contributed by atoms with Crippen LogP contribution in [0.3, 0.4) is 0 Å². The standard InChI is InChI=1S/C22H21NO2/c1-22(2)12-20-18(21(24)13-22)8-9-19(23-20)16-5-4-15-11-17(25-3)7-6-14(15)10-16/h4-11H,12-13H2,1-3H3. The molecule has 3 nitrogen and oxygen atoms in total. The summed E-state index contributed by atoms with van der Waals surface area (Å²) in [6.07, 6.45) is 1.44. The van der Waals surface area contributed by atoms with Gasteiger partial charge in [-0.3, -0.25) is 9.78 Å². The number of ether oxygens (including phenoxy) is 1. The largest absolute Gasteiger partial charge is 0.497 e. The maximum atomic E-state index is 12.3. The Morgan fingerprint density at radius 3 is 2.52 bits per heavy atom. The number of fused-ring (bicyclic) bond motifs is 2. The Labute approximate surface area is 147 Å². The summed E-state index contributed by atoms with van der Waals surface area (Å²) in [5, 5.41) is 2.28. The molecular weight excluding hydrogens is 310 g/mol. The number of benzene rings is 2. The van der Waals surface area contributed by atoms with E-state index in [0.29, 0.717) is 6.42 Å². The molecule has 0 saturated heterocycles. The highest BCUT2D eigenvalue weighted by Gasteiger charge is 2.31. The Balaban J connectivity index is 1.77. The Kier molecular flexibility index (Phi) is 3.60. The lowest BCUT2D eigenvalue weighted by atomic mass is 9.75. The van der Waals surface area contributed by atoms with Gasteiger partial charge in [0.15, 0.2) is 5.78 Å². The van der Waals surface area contributed by atoms with E-state index in [1.807, 2.05) is 24.3 Å². The first kappa shape index (κ1) is 15.8. The number of pyridine rings is 1. The Morgan fingerprint density at radius 1 is 0.960 bits per heavy atom. The number of ketones is 1. The minimum absolute atomic E-state index is 0.0182. The molecule has 0 bridgehead atoms. The van der Waals surface area contributed by atoms with Crippen molar-refractivity contribution in [1.29, 1.82) is 0 Å². The first-order valence-corrected chi connectivity index (χ1v) is 8.56. The summed E-state index contributed by atoms with van der Waals surface area (Å²) in [5.41, 5.74) is 3.68. The molecule has 2 aromatic carbocycles. The summed E-state index contributed by atoms with van der Waals surface area (Å²) in [4.78, 5) is 17.2. The van der Waals surface area contributed by atoms with E-state index in [1.54, 1.807) is 7.11 Å². The van der Waals surface area contributed by atoms with Crippen LogP contribution < -0.4 is 4.74 Å². The molecule has 1 aliphatic carbocycles. The van der Waals surface area contributed by atoms with Crippen LogP contribution in [0.15, 0.2) is 48.5 Å². The van der Waals surface area contributed by atoms with E-state index in [2.05, 4.69) is 38.1 Å². The zero-order chi connectivity index (χ0) is 17.6. The van der Waals surface area contributed by atoms with Gasteiger partial charge in [0.2, 0.25) is 0 Å². The van der Waals surface area contributed by atoms with Crippen molar-refractivity contribution in [3.05, 3.63) is 59.8 Å². The normalized spacial score (nSPS) is 15.9. The second-order valence-corrected chi connectivity index (χ2v) is 7.56. The molecule has 25 heavy (non-hydrogen) atoms. The number of methoxy groups -OCH3 is 1. The molecule has 0 radical (unpaired) electrons. The molecule has 3 aromatic rings. The summed E-state index contributed by atoms with van der Waals surface area (Å²) < 4.78 is 5.28. The van der Waals surface area contributed by atoms with Gasteiger partial charge in [-0.2, -0.15) is 0 Å². The maximum Gasteiger partial charge on any atom is 0.165 e. The van der Waals surface area contributed by atoms with Gasteiger partial charge in [0.1, 0.15) is 5.75 Å². The molecule has 1 aromatic heterocycles. The molecule has 126 valence electrons. The molecule has 0 amide bonds. The lowest BCUT2D eigenvalue weighted by Crippen LogP contribution is -2.27. The molecule has 0 aliphatic heterocycles. The molecule has 1 aliphatic rings. The highest BCUT2D eigenvalue weighted by Crippen LogP contribution is 2.35. The van der Waals surface area contributed by atoms with Crippen molar-refractivity contribution >= 4 is 16.6 Å². The average molecular weight is 331 g/mol. The maximum absolute atomic E-state index is 12.3. The molecule has 4 rings (SSSR count). The minimum atomic E-state index is -0.0182.